The molecule has 106 valence electrons. The third kappa shape index (κ3) is 4.67. The maximum Gasteiger partial charge on any atom is 0.174 e. The number of nitrogens with one attached hydrogen (secondary N) is 1. The average molecular weight is 320 g/mol. The number of anilines is 1. The molecule has 0 saturated heterocycles. The smallest absolute Gasteiger partial charge is 0.174 e. The molecule has 0 saturated carbocycles. The standard InChI is InChI=1S/C15H11Cl2N3O/c16-12-3-6-15(14(17)9-12)20-19-10-11-1-4-13(5-2-11)21-8-7-18/h1-6,9-10,20H,8H2/b19-10-. The lowest BCUT2D eigenvalue weighted by Gasteiger charge is -2.03. The highest BCUT2D eigenvalue weighted by atomic mass is 35.5. The summed E-state index contributed by atoms with van der Waals surface area (Å²) in [6.45, 7) is 0.0318. The van der Waals surface area contributed by atoms with E-state index in [1.165, 1.54) is 0 Å². The number of ether oxygens (including phenoxy) is 1. The van der Waals surface area contributed by atoms with Crippen LogP contribution < -0.4 is 10.2 Å². The fourth-order valence-corrected chi connectivity index (χ4v) is 1.97. The fourth-order valence-electron chi connectivity index (χ4n) is 1.52. The minimum Gasteiger partial charge on any atom is -0.479 e. The SMILES string of the molecule is N#CCOc1ccc(/C=N\Nc2ccc(Cl)cc2Cl)cc1. The quantitative estimate of drug-likeness (QED) is 0.658. The first-order valence-corrected chi connectivity index (χ1v) is 6.78. The molecular formula is C15H11Cl2N3O. The van der Waals surface area contributed by atoms with E-state index in [-0.39, 0.29) is 6.61 Å². The Morgan fingerprint density at radius 1 is 1.19 bits per heavy atom. The molecule has 0 aliphatic rings. The molecule has 0 aliphatic heterocycles. The molecule has 21 heavy (non-hydrogen) atoms. The van der Waals surface area contributed by atoms with E-state index in [2.05, 4.69) is 10.5 Å². The molecule has 2 aromatic rings. The van der Waals surface area contributed by atoms with Crippen LogP contribution in [0.15, 0.2) is 47.6 Å². The van der Waals surface area contributed by atoms with Gasteiger partial charge in [0.1, 0.15) is 11.8 Å². The predicted octanol–water partition coefficient (Wildman–Crippen LogP) is 4.34. The highest BCUT2D eigenvalue weighted by Gasteiger charge is 1.99. The third-order valence-corrected chi connectivity index (χ3v) is 3.06. The van der Waals surface area contributed by atoms with Crippen LogP contribution in [-0.4, -0.2) is 12.8 Å². The van der Waals surface area contributed by atoms with E-state index in [9.17, 15) is 0 Å². The van der Waals surface area contributed by atoms with Crippen LogP contribution in [0, 0.1) is 11.3 Å². The Morgan fingerprint density at radius 2 is 1.95 bits per heavy atom. The lowest BCUT2D eigenvalue weighted by molar-refractivity contribution is 0.368. The van der Waals surface area contributed by atoms with E-state index in [1.807, 2.05) is 18.2 Å². The molecule has 1 N–H and O–H groups in total. The van der Waals surface area contributed by atoms with Gasteiger partial charge in [0.05, 0.1) is 16.9 Å². The van der Waals surface area contributed by atoms with Gasteiger partial charge in [0.2, 0.25) is 0 Å². The topological polar surface area (TPSA) is 57.4 Å². The lowest BCUT2D eigenvalue weighted by atomic mass is 10.2. The van der Waals surface area contributed by atoms with Crippen LogP contribution >= 0.6 is 23.2 Å². The average Bonchev–Trinajstić information content (AvgIpc) is 2.48. The molecule has 6 heteroatoms. The van der Waals surface area contributed by atoms with Crippen LogP contribution in [0.4, 0.5) is 5.69 Å². The van der Waals surface area contributed by atoms with Crippen molar-refractivity contribution in [1.82, 2.24) is 0 Å². The van der Waals surface area contributed by atoms with Crippen LogP contribution in [0.5, 0.6) is 5.75 Å². The van der Waals surface area contributed by atoms with Crippen molar-refractivity contribution >= 4 is 35.1 Å². The van der Waals surface area contributed by atoms with E-state index in [0.717, 1.165) is 5.56 Å². The van der Waals surface area contributed by atoms with Crippen LogP contribution in [0.1, 0.15) is 5.56 Å². The molecule has 0 unspecified atom stereocenters. The fraction of sp³-hybridized carbons (Fsp3) is 0.0667. The van der Waals surface area contributed by atoms with Gasteiger partial charge in [0, 0.05) is 5.02 Å². The van der Waals surface area contributed by atoms with Gasteiger partial charge in [-0.3, -0.25) is 5.43 Å². The molecule has 0 heterocycles. The monoisotopic (exact) mass is 319 g/mol. The molecule has 0 atom stereocenters. The van der Waals surface area contributed by atoms with Gasteiger partial charge in [0.15, 0.2) is 6.61 Å². The Labute approximate surface area is 132 Å². The van der Waals surface area contributed by atoms with Crippen molar-refractivity contribution in [2.24, 2.45) is 5.10 Å². The molecule has 0 bridgehead atoms. The first-order valence-electron chi connectivity index (χ1n) is 6.03. The van der Waals surface area contributed by atoms with Crippen LogP contribution in [0.2, 0.25) is 10.0 Å². The summed E-state index contributed by atoms with van der Waals surface area (Å²) in [6.07, 6.45) is 1.65. The number of nitriles is 1. The molecule has 0 radical (unpaired) electrons. The van der Waals surface area contributed by atoms with Gasteiger partial charge in [-0.1, -0.05) is 23.2 Å². The first-order chi connectivity index (χ1) is 10.2. The van der Waals surface area contributed by atoms with Crippen molar-refractivity contribution in [3.8, 4) is 11.8 Å². The summed E-state index contributed by atoms with van der Waals surface area (Å²) < 4.78 is 5.16. The van der Waals surface area contributed by atoms with E-state index >= 15 is 0 Å². The largest absolute Gasteiger partial charge is 0.479 e. The van der Waals surface area contributed by atoms with Gasteiger partial charge in [-0.2, -0.15) is 10.4 Å². The molecule has 0 aromatic heterocycles. The molecule has 2 rings (SSSR count). The summed E-state index contributed by atoms with van der Waals surface area (Å²) in [6, 6.07) is 14.2. The molecule has 0 amide bonds. The van der Waals surface area contributed by atoms with Crippen LogP contribution in [-0.2, 0) is 0 Å². The summed E-state index contributed by atoms with van der Waals surface area (Å²) in [5, 5.41) is 13.6. The summed E-state index contributed by atoms with van der Waals surface area (Å²) >= 11 is 11.8. The molecule has 4 nitrogen and oxygen atoms in total. The summed E-state index contributed by atoms with van der Waals surface area (Å²) in [5.41, 5.74) is 4.40. The maximum atomic E-state index is 8.42. The van der Waals surface area contributed by atoms with Crippen LogP contribution in [0.3, 0.4) is 0 Å². The Morgan fingerprint density at radius 3 is 2.62 bits per heavy atom. The van der Waals surface area contributed by atoms with Crippen molar-refractivity contribution in [2.45, 2.75) is 0 Å². The highest BCUT2D eigenvalue weighted by Crippen LogP contribution is 2.25. The van der Waals surface area contributed by atoms with Gasteiger partial charge >= 0.3 is 0 Å². The number of halogens is 2. The normalized spacial score (nSPS) is 10.3. The first kappa shape index (κ1) is 15.2. The van der Waals surface area contributed by atoms with Crippen molar-refractivity contribution < 1.29 is 4.74 Å². The van der Waals surface area contributed by atoms with Gasteiger partial charge in [0.25, 0.3) is 0 Å². The van der Waals surface area contributed by atoms with Gasteiger partial charge < -0.3 is 4.74 Å². The minimum absolute atomic E-state index is 0.0318. The minimum atomic E-state index is 0.0318. The van der Waals surface area contributed by atoms with E-state index in [4.69, 9.17) is 33.2 Å². The van der Waals surface area contributed by atoms with Crippen molar-refractivity contribution in [3.05, 3.63) is 58.1 Å². The Hall–Kier alpha value is -2.22. The van der Waals surface area contributed by atoms with Gasteiger partial charge in [-0.15, -0.1) is 0 Å². The zero-order valence-electron chi connectivity index (χ0n) is 10.9. The Balaban J connectivity index is 1.96. The van der Waals surface area contributed by atoms with Crippen molar-refractivity contribution in [2.75, 3.05) is 12.0 Å². The number of rotatable bonds is 5. The second kappa shape index (κ2) is 7.53. The third-order valence-electron chi connectivity index (χ3n) is 2.51. The Bertz CT molecular complexity index is 678. The molecule has 0 aliphatic carbocycles. The van der Waals surface area contributed by atoms with Crippen molar-refractivity contribution in [1.29, 1.82) is 5.26 Å². The highest BCUT2D eigenvalue weighted by molar-refractivity contribution is 6.36. The second-order valence-electron chi connectivity index (χ2n) is 4.01. The second-order valence-corrected chi connectivity index (χ2v) is 4.85. The number of benzene rings is 2. The predicted molar refractivity (Wildman–Crippen MR) is 85.2 cm³/mol. The summed E-state index contributed by atoms with van der Waals surface area (Å²) in [7, 11) is 0. The number of hydrogen-bond donors (Lipinski definition) is 1. The summed E-state index contributed by atoms with van der Waals surface area (Å²) in [5.74, 6) is 0.641. The molecule has 0 spiro atoms. The number of hydrogen-bond acceptors (Lipinski definition) is 4. The van der Waals surface area contributed by atoms with E-state index in [0.29, 0.717) is 21.5 Å². The molecular weight excluding hydrogens is 309 g/mol. The number of nitrogens with zero attached hydrogens (tertiary/aromatic N) is 2. The maximum absolute atomic E-state index is 8.42. The molecule has 2 aromatic carbocycles. The van der Waals surface area contributed by atoms with Crippen molar-refractivity contribution in [3.63, 3.8) is 0 Å². The zero-order valence-corrected chi connectivity index (χ0v) is 12.4. The van der Waals surface area contributed by atoms with E-state index in [1.54, 1.807) is 36.5 Å². The Kier molecular flexibility index (Phi) is 5.44. The number of hydrazone groups is 1. The lowest BCUT2D eigenvalue weighted by Crippen LogP contribution is -1.94. The summed E-state index contributed by atoms with van der Waals surface area (Å²) in [4.78, 5) is 0. The van der Waals surface area contributed by atoms with Crippen LogP contribution in [0.25, 0.3) is 0 Å². The van der Waals surface area contributed by atoms with Gasteiger partial charge in [-0.25, -0.2) is 0 Å². The molecule has 0 fully saturated rings. The van der Waals surface area contributed by atoms with Gasteiger partial charge in [-0.05, 0) is 48.0 Å². The van der Waals surface area contributed by atoms with E-state index < -0.39 is 0 Å². The zero-order chi connectivity index (χ0) is 15.1.